The molecule has 1 N–H and O–H groups in total. The molecule has 2 aliphatic rings. The van der Waals surface area contributed by atoms with E-state index in [9.17, 15) is 9.90 Å². The Bertz CT molecular complexity index is 533. The number of carboxylic acids is 1. The molecule has 0 radical (unpaired) electrons. The van der Waals surface area contributed by atoms with Gasteiger partial charge in [0.2, 0.25) is 0 Å². The van der Waals surface area contributed by atoms with Crippen LogP contribution in [0.1, 0.15) is 42.7 Å². The molecule has 3 rings (SSSR count). The molecule has 1 heterocycles. The largest absolute Gasteiger partial charge is 0.478 e. The van der Waals surface area contributed by atoms with Crippen LogP contribution in [0.3, 0.4) is 0 Å². The van der Waals surface area contributed by atoms with Crippen molar-refractivity contribution < 1.29 is 9.90 Å². The molecule has 1 atom stereocenters. The smallest absolute Gasteiger partial charge is 0.332 e. The van der Waals surface area contributed by atoms with Crippen LogP contribution in [0.15, 0.2) is 17.8 Å². The predicted molar refractivity (Wildman–Crippen MR) is 69.6 cm³/mol. The predicted octanol–water partition coefficient (Wildman–Crippen LogP) is 3.49. The summed E-state index contributed by atoms with van der Waals surface area (Å²) >= 11 is 5.94. The lowest BCUT2D eigenvalue weighted by molar-refractivity contribution is -0.133. The van der Waals surface area contributed by atoms with E-state index in [4.69, 9.17) is 11.6 Å². The van der Waals surface area contributed by atoms with Gasteiger partial charge in [0.1, 0.15) is 5.15 Å². The summed E-state index contributed by atoms with van der Waals surface area (Å²) in [7, 11) is 0. The van der Waals surface area contributed by atoms with Crippen molar-refractivity contribution in [3.05, 3.63) is 34.1 Å². The summed E-state index contributed by atoms with van der Waals surface area (Å²) in [6.07, 6.45) is 8.04. The number of aromatic nitrogens is 1. The molecule has 1 aromatic heterocycles. The first-order valence-electron chi connectivity index (χ1n) is 6.27. The van der Waals surface area contributed by atoms with Gasteiger partial charge in [-0.1, -0.05) is 24.4 Å². The van der Waals surface area contributed by atoms with Gasteiger partial charge >= 0.3 is 5.97 Å². The van der Waals surface area contributed by atoms with Crippen LogP contribution >= 0.6 is 11.6 Å². The van der Waals surface area contributed by atoms with Crippen molar-refractivity contribution in [1.29, 1.82) is 0 Å². The molecule has 1 unspecified atom stereocenters. The summed E-state index contributed by atoms with van der Waals surface area (Å²) in [5, 5.41) is 9.81. The van der Waals surface area contributed by atoms with E-state index in [-0.39, 0.29) is 5.92 Å². The molecular formula is C14H14ClNO2. The normalized spacial score (nSPS) is 22.9. The number of hydrogen-bond acceptors (Lipinski definition) is 2. The molecule has 0 aliphatic heterocycles. The number of pyridine rings is 1. The summed E-state index contributed by atoms with van der Waals surface area (Å²) in [5.41, 5.74) is 2.45. The maximum atomic E-state index is 11.4. The highest BCUT2D eigenvalue weighted by molar-refractivity contribution is 6.29. The van der Waals surface area contributed by atoms with Crippen LogP contribution in [0.25, 0.3) is 6.08 Å². The molecule has 0 aromatic carbocycles. The second kappa shape index (κ2) is 4.39. The number of hydrogen-bond donors (Lipinski definition) is 1. The van der Waals surface area contributed by atoms with Gasteiger partial charge in [-0.25, -0.2) is 9.78 Å². The molecule has 1 saturated carbocycles. The van der Waals surface area contributed by atoms with Gasteiger partial charge in [0.25, 0.3) is 0 Å². The fraction of sp³-hybridized carbons (Fsp3) is 0.429. The molecule has 0 bridgehead atoms. The molecule has 0 amide bonds. The average Bonchev–Trinajstić information content (AvgIpc) is 2.93. The minimum Gasteiger partial charge on any atom is -0.478 e. The third-order valence-corrected chi connectivity index (χ3v) is 4.24. The van der Waals surface area contributed by atoms with E-state index in [2.05, 4.69) is 4.98 Å². The Labute approximate surface area is 110 Å². The maximum Gasteiger partial charge on any atom is 0.332 e. The van der Waals surface area contributed by atoms with Gasteiger partial charge in [-0.15, -0.1) is 0 Å². The van der Waals surface area contributed by atoms with Crippen LogP contribution < -0.4 is 0 Å². The third kappa shape index (κ3) is 1.83. The Morgan fingerprint density at radius 3 is 2.78 bits per heavy atom. The number of carbonyl (C=O) groups is 1. The second-order valence-corrected chi connectivity index (χ2v) is 5.45. The minimum atomic E-state index is -0.820. The van der Waals surface area contributed by atoms with E-state index < -0.39 is 5.97 Å². The Hall–Kier alpha value is -1.35. The standard InChI is InChI=1S/C14H14ClNO2/c15-12-6-10-9(7-16-12)5-11(14(17)18)13(10)8-3-1-2-4-8/h5-8,13H,1-4H2,(H,17,18). The highest BCUT2D eigenvalue weighted by atomic mass is 35.5. The van der Waals surface area contributed by atoms with E-state index in [0.29, 0.717) is 16.6 Å². The lowest BCUT2D eigenvalue weighted by Gasteiger charge is -2.21. The molecule has 3 nitrogen and oxygen atoms in total. The minimum absolute atomic E-state index is 0.000463. The molecular weight excluding hydrogens is 250 g/mol. The molecule has 2 aliphatic carbocycles. The number of rotatable bonds is 2. The van der Waals surface area contributed by atoms with Crippen molar-refractivity contribution in [1.82, 2.24) is 4.98 Å². The number of halogens is 1. The van der Waals surface area contributed by atoms with Crippen molar-refractivity contribution in [2.24, 2.45) is 5.92 Å². The SMILES string of the molecule is O=C(O)C1=Cc2cnc(Cl)cc2C1C1CCCC1. The molecule has 94 valence electrons. The van der Waals surface area contributed by atoms with Crippen LogP contribution in [0.4, 0.5) is 0 Å². The van der Waals surface area contributed by atoms with Crippen molar-refractivity contribution in [2.75, 3.05) is 0 Å². The first kappa shape index (κ1) is 11.7. The fourth-order valence-electron chi connectivity index (χ4n) is 3.26. The Morgan fingerprint density at radius 1 is 1.39 bits per heavy atom. The summed E-state index contributed by atoms with van der Waals surface area (Å²) in [5.74, 6) is -0.383. The van der Waals surface area contributed by atoms with Gasteiger partial charge in [0.05, 0.1) is 0 Å². The van der Waals surface area contributed by atoms with E-state index in [1.165, 1.54) is 12.8 Å². The molecule has 1 fully saturated rings. The quantitative estimate of drug-likeness (QED) is 0.831. The van der Waals surface area contributed by atoms with Gasteiger partial charge in [-0.3, -0.25) is 0 Å². The Kier molecular flexibility index (Phi) is 2.86. The monoisotopic (exact) mass is 263 g/mol. The van der Waals surface area contributed by atoms with E-state index >= 15 is 0 Å². The number of carboxylic acid groups (broad SMARTS) is 1. The zero-order chi connectivity index (χ0) is 12.7. The number of fused-ring (bicyclic) bond motifs is 1. The molecule has 4 heteroatoms. The third-order valence-electron chi connectivity index (χ3n) is 4.03. The number of nitrogens with zero attached hydrogens (tertiary/aromatic N) is 1. The van der Waals surface area contributed by atoms with Crippen LogP contribution in [0, 0.1) is 5.92 Å². The van der Waals surface area contributed by atoms with E-state index in [1.807, 2.05) is 6.07 Å². The van der Waals surface area contributed by atoms with Crippen LogP contribution in [-0.2, 0) is 4.79 Å². The van der Waals surface area contributed by atoms with Crippen molar-refractivity contribution >= 4 is 23.6 Å². The van der Waals surface area contributed by atoms with Gasteiger partial charge in [-0.05, 0) is 42.0 Å². The van der Waals surface area contributed by atoms with Gasteiger partial charge in [0.15, 0.2) is 0 Å². The summed E-state index contributed by atoms with van der Waals surface area (Å²) in [6, 6.07) is 1.83. The van der Waals surface area contributed by atoms with E-state index in [0.717, 1.165) is 24.0 Å². The number of aliphatic carboxylic acids is 1. The lowest BCUT2D eigenvalue weighted by atomic mass is 9.82. The van der Waals surface area contributed by atoms with Gasteiger partial charge in [-0.2, -0.15) is 0 Å². The summed E-state index contributed by atoms with van der Waals surface area (Å²) < 4.78 is 0. The highest BCUT2D eigenvalue weighted by Crippen LogP contribution is 2.47. The van der Waals surface area contributed by atoms with Crippen LogP contribution in [-0.4, -0.2) is 16.1 Å². The lowest BCUT2D eigenvalue weighted by Crippen LogP contribution is -2.15. The van der Waals surface area contributed by atoms with Crippen LogP contribution in [0.5, 0.6) is 0 Å². The topological polar surface area (TPSA) is 50.2 Å². The van der Waals surface area contributed by atoms with Crippen molar-refractivity contribution in [2.45, 2.75) is 31.6 Å². The first-order chi connectivity index (χ1) is 8.66. The summed E-state index contributed by atoms with van der Waals surface area (Å²) in [4.78, 5) is 15.4. The molecule has 0 spiro atoms. The zero-order valence-corrected chi connectivity index (χ0v) is 10.7. The zero-order valence-electron chi connectivity index (χ0n) is 9.90. The van der Waals surface area contributed by atoms with Crippen LogP contribution in [0.2, 0.25) is 5.15 Å². The Balaban J connectivity index is 2.06. The Morgan fingerprint density at radius 2 is 2.11 bits per heavy atom. The van der Waals surface area contributed by atoms with Gasteiger partial charge < -0.3 is 5.11 Å². The van der Waals surface area contributed by atoms with Gasteiger partial charge in [0, 0.05) is 17.7 Å². The maximum absolute atomic E-state index is 11.4. The fourth-order valence-corrected chi connectivity index (χ4v) is 3.43. The second-order valence-electron chi connectivity index (χ2n) is 5.06. The highest BCUT2D eigenvalue weighted by Gasteiger charge is 2.37. The van der Waals surface area contributed by atoms with Crippen molar-refractivity contribution in [3.8, 4) is 0 Å². The average molecular weight is 264 g/mol. The molecule has 1 aromatic rings. The first-order valence-corrected chi connectivity index (χ1v) is 6.65. The van der Waals surface area contributed by atoms with Crippen molar-refractivity contribution in [3.63, 3.8) is 0 Å². The molecule has 0 saturated heterocycles. The molecule has 18 heavy (non-hydrogen) atoms. The summed E-state index contributed by atoms with van der Waals surface area (Å²) in [6.45, 7) is 0. The van der Waals surface area contributed by atoms with E-state index in [1.54, 1.807) is 12.3 Å².